The van der Waals surface area contributed by atoms with E-state index in [9.17, 15) is 29.8 Å². The van der Waals surface area contributed by atoms with Crippen molar-refractivity contribution in [3.63, 3.8) is 0 Å². The molecule has 5 rings (SSSR count). The van der Waals surface area contributed by atoms with Crippen LogP contribution in [-0.2, 0) is 9.59 Å². The second-order valence-corrected chi connectivity index (χ2v) is 9.65. The number of nitro groups is 2. The van der Waals surface area contributed by atoms with E-state index in [2.05, 4.69) is 0 Å². The molecular formula is C26H22ClN3O7. The highest BCUT2D eigenvalue weighted by molar-refractivity contribution is 6.30. The highest BCUT2D eigenvalue weighted by Gasteiger charge is 2.43. The molecule has 0 fully saturated rings. The molecule has 11 heteroatoms. The second-order valence-electron chi connectivity index (χ2n) is 9.22. The van der Waals surface area contributed by atoms with Gasteiger partial charge in [-0.05, 0) is 49.9 Å². The summed E-state index contributed by atoms with van der Waals surface area (Å²) in [5, 5.41) is 23.2. The Hall–Kier alpha value is -4.05. The van der Waals surface area contributed by atoms with Gasteiger partial charge < -0.3 is 9.64 Å². The fourth-order valence-corrected chi connectivity index (χ4v) is 5.65. The van der Waals surface area contributed by atoms with Crippen LogP contribution in [0.2, 0.25) is 5.02 Å². The maximum Gasteiger partial charge on any atom is 0.318 e. The van der Waals surface area contributed by atoms with E-state index < -0.39 is 27.1 Å². The first-order valence-corrected chi connectivity index (χ1v) is 12.2. The van der Waals surface area contributed by atoms with Crippen LogP contribution >= 0.6 is 11.6 Å². The van der Waals surface area contributed by atoms with Crippen molar-refractivity contribution in [3.8, 4) is 11.5 Å². The Balaban J connectivity index is 1.70. The van der Waals surface area contributed by atoms with Crippen LogP contribution in [0.5, 0.6) is 11.5 Å². The molecule has 0 saturated carbocycles. The molecule has 0 spiro atoms. The highest BCUT2D eigenvalue weighted by Crippen LogP contribution is 2.51. The van der Waals surface area contributed by atoms with Crippen molar-refractivity contribution >= 4 is 34.5 Å². The number of nitrogens with zero attached hydrogens (tertiary/aromatic N) is 3. The molecule has 3 aliphatic rings. The standard InChI is InChI=1S/C26H22ClN3O7/c1-28-17-4-2-6-20(31)25(17)24(26-18(28)5-3-7-21(26)32)16-12-14(27)8-10-22(16)37-23-11-9-15(29(33)34)13-19(23)30(35)36/h8-13,24H,2-7H2,1H3. The molecule has 0 radical (unpaired) electrons. The summed E-state index contributed by atoms with van der Waals surface area (Å²) in [6, 6.07) is 7.80. The number of Topliss-reactive ketones (excluding diaryl/α,β-unsaturated/α-hetero) is 2. The van der Waals surface area contributed by atoms with Gasteiger partial charge in [0, 0.05) is 65.0 Å². The van der Waals surface area contributed by atoms with Gasteiger partial charge in [0.1, 0.15) is 5.75 Å². The van der Waals surface area contributed by atoms with Crippen LogP contribution in [0.25, 0.3) is 0 Å². The number of nitro benzene ring substituents is 2. The van der Waals surface area contributed by atoms with E-state index in [1.54, 1.807) is 12.1 Å². The van der Waals surface area contributed by atoms with E-state index in [4.69, 9.17) is 16.3 Å². The Morgan fingerprint density at radius 3 is 2.03 bits per heavy atom. The van der Waals surface area contributed by atoms with Crippen molar-refractivity contribution in [1.82, 2.24) is 4.90 Å². The molecule has 1 heterocycles. The van der Waals surface area contributed by atoms with Crippen LogP contribution in [0, 0.1) is 20.2 Å². The number of hydrogen-bond acceptors (Lipinski definition) is 8. The van der Waals surface area contributed by atoms with Crippen LogP contribution in [0.4, 0.5) is 11.4 Å². The predicted molar refractivity (Wildman–Crippen MR) is 134 cm³/mol. The molecule has 10 nitrogen and oxygen atoms in total. The smallest absolute Gasteiger partial charge is 0.318 e. The lowest BCUT2D eigenvalue weighted by atomic mass is 9.71. The van der Waals surface area contributed by atoms with Crippen LogP contribution in [0.3, 0.4) is 0 Å². The number of ketones is 2. The number of carbonyl (C=O) groups excluding carboxylic acids is 2. The summed E-state index contributed by atoms with van der Waals surface area (Å²) in [4.78, 5) is 49.9. The molecular weight excluding hydrogens is 502 g/mol. The number of carbonyl (C=O) groups is 2. The summed E-state index contributed by atoms with van der Waals surface area (Å²) < 4.78 is 6.00. The molecule has 190 valence electrons. The molecule has 0 amide bonds. The third-order valence-corrected chi connectivity index (χ3v) is 7.33. The van der Waals surface area contributed by atoms with Crippen molar-refractivity contribution in [1.29, 1.82) is 0 Å². The quantitative estimate of drug-likeness (QED) is 0.344. The zero-order valence-electron chi connectivity index (χ0n) is 19.9. The summed E-state index contributed by atoms with van der Waals surface area (Å²) in [7, 11) is 1.88. The van der Waals surface area contributed by atoms with Gasteiger partial charge in [0.25, 0.3) is 5.69 Å². The van der Waals surface area contributed by atoms with Crippen LogP contribution in [-0.4, -0.2) is 33.4 Å². The summed E-state index contributed by atoms with van der Waals surface area (Å²) >= 11 is 6.38. The lowest BCUT2D eigenvalue weighted by Crippen LogP contribution is -2.37. The van der Waals surface area contributed by atoms with Gasteiger partial charge in [0.2, 0.25) is 5.75 Å². The number of allylic oxidation sites excluding steroid dienone is 4. The molecule has 0 bridgehead atoms. The van der Waals surface area contributed by atoms with E-state index in [0.29, 0.717) is 60.3 Å². The zero-order chi connectivity index (χ0) is 26.4. The maximum absolute atomic E-state index is 13.3. The largest absolute Gasteiger partial charge is 0.450 e. The first-order valence-electron chi connectivity index (χ1n) is 11.8. The molecule has 0 N–H and O–H groups in total. The summed E-state index contributed by atoms with van der Waals surface area (Å²) in [6.07, 6.45) is 3.49. The van der Waals surface area contributed by atoms with Gasteiger partial charge in [-0.1, -0.05) is 11.6 Å². The maximum atomic E-state index is 13.3. The van der Waals surface area contributed by atoms with E-state index in [1.165, 1.54) is 6.07 Å². The van der Waals surface area contributed by atoms with Gasteiger partial charge >= 0.3 is 5.69 Å². The van der Waals surface area contributed by atoms with Gasteiger partial charge in [-0.25, -0.2) is 0 Å². The van der Waals surface area contributed by atoms with E-state index in [0.717, 1.165) is 29.6 Å². The first kappa shape index (κ1) is 24.6. The van der Waals surface area contributed by atoms with Crippen LogP contribution < -0.4 is 4.74 Å². The summed E-state index contributed by atoms with van der Waals surface area (Å²) in [5.74, 6) is -0.884. The minimum atomic E-state index is -0.760. The SMILES string of the molecule is CN1C2=C(C(=O)CCC2)C(c2cc(Cl)ccc2Oc2ccc([N+](=O)[O-])cc2[N+](=O)[O-])C2=C1CCCC2=O. The predicted octanol–water partition coefficient (Wildman–Crippen LogP) is 5.99. The fourth-order valence-electron chi connectivity index (χ4n) is 5.47. The van der Waals surface area contributed by atoms with Crippen molar-refractivity contribution in [3.05, 3.63) is 89.8 Å². The average Bonchev–Trinajstić information content (AvgIpc) is 2.86. The minimum absolute atomic E-state index is 0.0599. The molecule has 0 unspecified atom stereocenters. The Labute approximate surface area is 216 Å². The number of ether oxygens (including phenoxy) is 1. The Bertz CT molecular complexity index is 1400. The first-order chi connectivity index (χ1) is 17.7. The number of hydrogen-bond donors (Lipinski definition) is 0. The number of halogens is 1. The molecule has 1 aliphatic heterocycles. The Morgan fingerprint density at radius 2 is 1.46 bits per heavy atom. The number of rotatable bonds is 5. The Kier molecular flexibility index (Phi) is 6.28. The van der Waals surface area contributed by atoms with Crippen molar-refractivity contribution in [2.75, 3.05) is 7.05 Å². The molecule has 37 heavy (non-hydrogen) atoms. The van der Waals surface area contributed by atoms with Crippen molar-refractivity contribution in [2.45, 2.75) is 44.4 Å². The number of non-ortho nitro benzene ring substituents is 1. The third-order valence-electron chi connectivity index (χ3n) is 7.10. The van der Waals surface area contributed by atoms with Crippen molar-refractivity contribution < 1.29 is 24.2 Å². The lowest BCUT2D eigenvalue weighted by Gasteiger charge is -2.42. The molecule has 2 aromatic rings. The lowest BCUT2D eigenvalue weighted by molar-refractivity contribution is -0.394. The summed E-state index contributed by atoms with van der Waals surface area (Å²) in [6.45, 7) is 0. The summed E-state index contributed by atoms with van der Waals surface area (Å²) in [5.41, 5.74) is 2.18. The molecule has 2 aliphatic carbocycles. The Morgan fingerprint density at radius 1 is 0.865 bits per heavy atom. The normalized spacial score (nSPS) is 18.1. The molecule has 2 aromatic carbocycles. The molecule has 0 aromatic heterocycles. The van der Waals surface area contributed by atoms with Gasteiger partial charge in [-0.3, -0.25) is 29.8 Å². The van der Waals surface area contributed by atoms with E-state index in [1.807, 2.05) is 11.9 Å². The molecule has 0 saturated heterocycles. The number of benzene rings is 2. The van der Waals surface area contributed by atoms with E-state index >= 15 is 0 Å². The monoisotopic (exact) mass is 523 g/mol. The fraction of sp³-hybridized carbons (Fsp3) is 0.308. The third kappa shape index (κ3) is 4.27. The zero-order valence-corrected chi connectivity index (χ0v) is 20.6. The van der Waals surface area contributed by atoms with Gasteiger partial charge in [0.05, 0.1) is 15.9 Å². The highest BCUT2D eigenvalue weighted by atomic mass is 35.5. The topological polar surface area (TPSA) is 133 Å². The van der Waals surface area contributed by atoms with Crippen LogP contribution in [0.1, 0.15) is 50.0 Å². The van der Waals surface area contributed by atoms with Crippen molar-refractivity contribution in [2.24, 2.45) is 0 Å². The average molecular weight is 524 g/mol. The van der Waals surface area contributed by atoms with E-state index in [-0.39, 0.29) is 23.1 Å². The minimum Gasteiger partial charge on any atom is -0.450 e. The molecule has 0 atom stereocenters. The van der Waals surface area contributed by atoms with Gasteiger partial charge in [-0.15, -0.1) is 0 Å². The second kappa shape index (κ2) is 9.44. The van der Waals surface area contributed by atoms with Gasteiger partial charge in [-0.2, -0.15) is 0 Å². The van der Waals surface area contributed by atoms with Crippen LogP contribution in [0.15, 0.2) is 58.9 Å². The van der Waals surface area contributed by atoms with Gasteiger partial charge in [0.15, 0.2) is 11.6 Å².